The summed E-state index contributed by atoms with van der Waals surface area (Å²) in [6.07, 6.45) is -13.7. The largest absolute Gasteiger partial charge is 0.434 e. The van der Waals surface area contributed by atoms with E-state index in [9.17, 15) is 44.3 Å². The average Bonchev–Trinajstić information content (AvgIpc) is 3.20. The minimum absolute atomic E-state index is 0.0159. The van der Waals surface area contributed by atoms with Crippen LogP contribution in [0.4, 0.5) is 36.8 Å². The predicted octanol–water partition coefficient (Wildman–Crippen LogP) is 4.32. The maximum Gasteiger partial charge on any atom is 0.434 e. The molecule has 0 saturated carbocycles. The Morgan fingerprint density at radius 1 is 1.05 bits per heavy atom. The topological polar surface area (TPSA) is 108 Å². The third-order valence-corrected chi connectivity index (χ3v) is 7.93. The van der Waals surface area contributed by atoms with Crippen LogP contribution >= 0.6 is 0 Å². The van der Waals surface area contributed by atoms with Gasteiger partial charge in [0.25, 0.3) is 6.10 Å². The molecular weight excluding hydrogens is 582 g/mol. The fourth-order valence-corrected chi connectivity index (χ4v) is 5.85. The Hall–Kier alpha value is -2.75. The molecule has 232 valence electrons. The zero-order valence-corrected chi connectivity index (χ0v) is 23.5. The lowest BCUT2D eigenvalue weighted by Gasteiger charge is -2.45. The number of aryl methyl sites for hydroxylation is 1. The van der Waals surface area contributed by atoms with Gasteiger partial charge in [-0.1, -0.05) is 12.1 Å². The zero-order chi connectivity index (χ0) is 30.6. The first-order chi connectivity index (χ1) is 18.9. The number of carbonyl (C=O) groups excluding carboxylic acids is 2. The van der Waals surface area contributed by atoms with Gasteiger partial charge in [-0.2, -0.15) is 26.3 Å². The third kappa shape index (κ3) is 9.12. The summed E-state index contributed by atoms with van der Waals surface area (Å²) in [7, 11) is -3.62. The number of hydrogen-bond donors (Lipinski definition) is 2. The fourth-order valence-electron chi connectivity index (χ4n) is 5.34. The summed E-state index contributed by atoms with van der Waals surface area (Å²) < 4.78 is 105. The molecule has 0 atom stereocenters. The van der Waals surface area contributed by atoms with Gasteiger partial charge < -0.3 is 15.0 Å². The van der Waals surface area contributed by atoms with Crippen molar-refractivity contribution < 1.29 is 49.1 Å². The molecule has 2 fully saturated rings. The van der Waals surface area contributed by atoms with E-state index in [1.807, 2.05) is 29.8 Å². The van der Waals surface area contributed by atoms with Crippen molar-refractivity contribution in [2.24, 2.45) is 0 Å². The van der Waals surface area contributed by atoms with E-state index in [1.165, 1.54) is 0 Å². The number of rotatable bonds is 9. The Bertz CT molecular complexity index is 1190. The quantitative estimate of drug-likeness (QED) is 0.314. The number of hydrogen-bond acceptors (Lipinski definition) is 7. The molecule has 0 unspecified atom stereocenters. The number of nitrogens with one attached hydrogen (secondary N) is 2. The van der Waals surface area contributed by atoms with Gasteiger partial charge in [-0.15, -0.1) is 0 Å². The lowest BCUT2D eigenvalue weighted by atomic mass is 9.84. The number of alkyl halides is 6. The molecule has 9 nitrogen and oxygen atoms in total. The van der Waals surface area contributed by atoms with Crippen LogP contribution in [0.3, 0.4) is 0 Å². The van der Waals surface area contributed by atoms with Crippen LogP contribution in [-0.4, -0.2) is 86.6 Å². The lowest BCUT2D eigenvalue weighted by Crippen LogP contribution is -2.54. The second-order valence-corrected chi connectivity index (χ2v) is 12.3. The van der Waals surface area contributed by atoms with Crippen molar-refractivity contribution in [3.8, 4) is 0 Å². The van der Waals surface area contributed by atoms with Crippen LogP contribution in [0.25, 0.3) is 0 Å². The number of benzene rings is 1. The maximum atomic E-state index is 12.8. The predicted molar refractivity (Wildman–Crippen MR) is 137 cm³/mol. The molecule has 0 radical (unpaired) electrons. The van der Waals surface area contributed by atoms with Crippen LogP contribution in [0.5, 0.6) is 0 Å². The molecule has 2 N–H and O–H groups in total. The van der Waals surface area contributed by atoms with Gasteiger partial charge in [-0.3, -0.25) is 14.4 Å². The van der Waals surface area contributed by atoms with Crippen molar-refractivity contribution in [2.75, 3.05) is 37.8 Å². The van der Waals surface area contributed by atoms with Gasteiger partial charge in [-0.05, 0) is 62.8 Å². The normalized spacial score (nSPS) is 18.1. The highest BCUT2D eigenvalue weighted by Gasteiger charge is 2.60. The number of likely N-dealkylation sites (tertiary alicyclic amines) is 2. The summed E-state index contributed by atoms with van der Waals surface area (Å²) in [5, 5.41) is 3.29. The number of sulfonamides is 1. The molecule has 2 aliphatic rings. The first-order valence-corrected chi connectivity index (χ1v) is 15.0. The van der Waals surface area contributed by atoms with Gasteiger partial charge in [0.2, 0.25) is 15.9 Å². The lowest BCUT2D eigenvalue weighted by molar-refractivity contribution is -0.308. The Morgan fingerprint density at radius 3 is 2.27 bits per heavy atom. The first kappa shape index (κ1) is 32.8. The van der Waals surface area contributed by atoms with Crippen LogP contribution in [0, 0.1) is 6.92 Å². The molecular formula is C25H34F6N4O5S. The Morgan fingerprint density at radius 2 is 1.68 bits per heavy atom. The maximum absolute atomic E-state index is 12.8. The van der Waals surface area contributed by atoms with Gasteiger partial charge in [-0.25, -0.2) is 13.2 Å². The standard InChI is InChI=1S/C25H34F6N4O5S/c1-17-6-7-18(19(15-17)32-11-3-5-20(36)33-41(2,38)39)16-35-12-4-8-23(35)9-13-34(14-10-23)22(37)40-21(24(26,27)28)25(29,30)31/h6-7,15,21,32H,3-5,8-14,16H2,1-2H3,(H,33,36). The first-order valence-electron chi connectivity index (χ1n) is 13.1. The molecule has 2 saturated heterocycles. The molecule has 1 aromatic carbocycles. The Labute approximate surface area is 234 Å². The van der Waals surface area contributed by atoms with E-state index in [0.29, 0.717) is 32.4 Å². The number of carbonyl (C=O) groups is 2. The Kier molecular flexibility index (Phi) is 10.1. The average molecular weight is 617 g/mol. The zero-order valence-electron chi connectivity index (χ0n) is 22.7. The highest BCUT2D eigenvalue weighted by atomic mass is 32.2. The second kappa shape index (κ2) is 12.6. The van der Waals surface area contributed by atoms with Crippen LogP contribution in [0.1, 0.15) is 49.7 Å². The van der Waals surface area contributed by atoms with Crippen molar-refractivity contribution in [1.29, 1.82) is 0 Å². The van der Waals surface area contributed by atoms with E-state index in [1.54, 1.807) is 0 Å². The fraction of sp³-hybridized carbons (Fsp3) is 0.680. The molecule has 1 spiro atoms. The van der Waals surface area contributed by atoms with Crippen molar-refractivity contribution in [2.45, 2.75) is 76.0 Å². The monoisotopic (exact) mass is 616 g/mol. The van der Waals surface area contributed by atoms with Gasteiger partial charge in [0.1, 0.15) is 0 Å². The van der Waals surface area contributed by atoms with E-state index in [-0.39, 0.29) is 25.0 Å². The smallest absolute Gasteiger partial charge is 0.426 e. The third-order valence-electron chi connectivity index (χ3n) is 7.33. The molecule has 2 heterocycles. The van der Waals surface area contributed by atoms with Crippen molar-refractivity contribution in [3.05, 3.63) is 29.3 Å². The Balaban J connectivity index is 1.60. The number of halogens is 6. The van der Waals surface area contributed by atoms with Crippen LogP contribution in [-0.2, 0) is 26.1 Å². The minimum Gasteiger partial charge on any atom is -0.426 e. The van der Waals surface area contributed by atoms with Crippen molar-refractivity contribution in [1.82, 2.24) is 14.5 Å². The van der Waals surface area contributed by atoms with Gasteiger partial charge >= 0.3 is 18.4 Å². The number of piperidine rings is 1. The summed E-state index contributed by atoms with van der Waals surface area (Å²) >= 11 is 0. The molecule has 41 heavy (non-hydrogen) atoms. The summed E-state index contributed by atoms with van der Waals surface area (Å²) in [6.45, 7) is 3.51. The molecule has 0 bridgehead atoms. The molecule has 2 amide bonds. The number of anilines is 1. The van der Waals surface area contributed by atoms with Gasteiger partial charge in [0.05, 0.1) is 6.26 Å². The van der Waals surface area contributed by atoms with E-state index in [2.05, 4.69) is 15.0 Å². The van der Waals surface area contributed by atoms with Gasteiger partial charge in [0, 0.05) is 43.8 Å². The number of amides is 2. The molecule has 3 rings (SSSR count). The van der Waals surface area contributed by atoms with Crippen molar-refractivity contribution >= 4 is 27.7 Å². The highest BCUT2D eigenvalue weighted by molar-refractivity contribution is 7.89. The highest BCUT2D eigenvalue weighted by Crippen LogP contribution is 2.41. The van der Waals surface area contributed by atoms with E-state index < -0.39 is 40.5 Å². The van der Waals surface area contributed by atoms with Crippen LogP contribution in [0.15, 0.2) is 18.2 Å². The van der Waals surface area contributed by atoms with Crippen LogP contribution < -0.4 is 10.0 Å². The molecule has 16 heteroatoms. The minimum atomic E-state index is -5.77. The van der Waals surface area contributed by atoms with Crippen LogP contribution in [0.2, 0.25) is 0 Å². The summed E-state index contributed by atoms with van der Waals surface area (Å²) in [5.41, 5.74) is 2.42. The number of ether oxygens (including phenoxy) is 1. The number of nitrogens with zero attached hydrogens (tertiary/aromatic N) is 2. The van der Waals surface area contributed by atoms with E-state index in [4.69, 9.17) is 0 Å². The van der Waals surface area contributed by atoms with E-state index >= 15 is 0 Å². The molecule has 0 aromatic heterocycles. The summed E-state index contributed by atoms with van der Waals surface area (Å²) in [5.74, 6) is -0.597. The van der Waals surface area contributed by atoms with Gasteiger partial charge in [0.15, 0.2) is 0 Å². The summed E-state index contributed by atoms with van der Waals surface area (Å²) in [6, 6.07) is 5.85. The molecule has 0 aliphatic carbocycles. The summed E-state index contributed by atoms with van der Waals surface area (Å²) in [4.78, 5) is 27.1. The SMILES string of the molecule is Cc1ccc(CN2CCCC23CCN(C(=O)OC(C(F)(F)F)C(F)(F)F)CC3)c(NCCCC(=O)NS(C)(=O)=O)c1. The molecule has 1 aromatic rings. The molecule has 2 aliphatic heterocycles. The van der Waals surface area contributed by atoms with Crippen molar-refractivity contribution in [3.63, 3.8) is 0 Å². The van der Waals surface area contributed by atoms with E-state index in [0.717, 1.165) is 47.4 Å². The second-order valence-electron chi connectivity index (χ2n) is 10.6.